The molecular formula is C18H19Cl2NO4S. The van der Waals surface area contributed by atoms with Crippen LogP contribution in [0, 0.1) is 0 Å². The van der Waals surface area contributed by atoms with Crippen LogP contribution < -0.4 is 4.72 Å². The summed E-state index contributed by atoms with van der Waals surface area (Å²) in [4.78, 5) is 0.0494. The first-order valence-corrected chi connectivity index (χ1v) is 10.5. The highest BCUT2D eigenvalue weighted by Gasteiger charge is 2.28. The van der Waals surface area contributed by atoms with Crippen LogP contribution in [0.25, 0.3) is 0 Å². The molecule has 0 bridgehead atoms. The van der Waals surface area contributed by atoms with E-state index in [1.54, 1.807) is 12.1 Å². The normalized spacial score (nSPS) is 20.8. The molecule has 0 unspecified atom stereocenters. The number of halogens is 2. The third kappa shape index (κ3) is 4.43. The number of aromatic hydroxyl groups is 2. The minimum atomic E-state index is -3.70. The van der Waals surface area contributed by atoms with E-state index in [1.165, 1.54) is 24.3 Å². The topological polar surface area (TPSA) is 86.6 Å². The van der Waals surface area contributed by atoms with Crippen molar-refractivity contribution >= 4 is 33.2 Å². The zero-order valence-electron chi connectivity index (χ0n) is 13.8. The van der Waals surface area contributed by atoms with Crippen molar-refractivity contribution in [3.05, 3.63) is 52.0 Å². The van der Waals surface area contributed by atoms with Gasteiger partial charge in [-0.3, -0.25) is 0 Å². The van der Waals surface area contributed by atoms with E-state index in [4.69, 9.17) is 23.2 Å². The van der Waals surface area contributed by atoms with Crippen molar-refractivity contribution in [2.24, 2.45) is 0 Å². The lowest BCUT2D eigenvalue weighted by Gasteiger charge is -2.29. The van der Waals surface area contributed by atoms with Crippen molar-refractivity contribution in [2.75, 3.05) is 0 Å². The lowest BCUT2D eigenvalue weighted by atomic mass is 9.81. The van der Waals surface area contributed by atoms with E-state index in [0.29, 0.717) is 12.8 Å². The maximum atomic E-state index is 12.6. The van der Waals surface area contributed by atoms with Crippen LogP contribution in [0.15, 0.2) is 41.3 Å². The molecule has 3 rings (SSSR count). The highest BCUT2D eigenvalue weighted by molar-refractivity contribution is 7.89. The van der Waals surface area contributed by atoms with Crippen LogP contribution >= 0.6 is 23.2 Å². The molecule has 1 saturated carbocycles. The van der Waals surface area contributed by atoms with Gasteiger partial charge in [-0.15, -0.1) is 0 Å². The molecule has 0 amide bonds. The molecule has 5 nitrogen and oxygen atoms in total. The second-order valence-corrected chi connectivity index (χ2v) is 9.10. The molecule has 0 spiro atoms. The molecule has 0 radical (unpaired) electrons. The van der Waals surface area contributed by atoms with Gasteiger partial charge in [-0.1, -0.05) is 29.3 Å². The number of nitrogens with one attached hydrogen (secondary N) is 1. The Balaban J connectivity index is 1.66. The van der Waals surface area contributed by atoms with Crippen LogP contribution in [0.2, 0.25) is 10.0 Å². The standard InChI is InChI=1S/C18H19Cl2NO4S/c19-12-7-13(20)9-16(8-12)26(24,25)21-14-3-1-11(2-4-14)17-6-5-15(22)10-18(17)23/h5-11,14,21-23H,1-4H2/t11-,14+. The average Bonchev–Trinajstić information content (AvgIpc) is 2.55. The molecular weight excluding hydrogens is 397 g/mol. The summed E-state index contributed by atoms with van der Waals surface area (Å²) in [5.74, 6) is 0.229. The Morgan fingerprint density at radius 1 is 0.923 bits per heavy atom. The van der Waals surface area contributed by atoms with Crippen LogP contribution in [-0.2, 0) is 10.0 Å². The Bertz CT molecular complexity index is 889. The summed E-state index contributed by atoms with van der Waals surface area (Å²) in [7, 11) is -3.70. The molecule has 0 saturated heterocycles. The van der Waals surface area contributed by atoms with Crippen LogP contribution in [0.3, 0.4) is 0 Å². The van der Waals surface area contributed by atoms with Crippen molar-refractivity contribution in [1.82, 2.24) is 4.72 Å². The summed E-state index contributed by atoms with van der Waals surface area (Å²) >= 11 is 11.8. The summed E-state index contributed by atoms with van der Waals surface area (Å²) in [6.45, 7) is 0. The second-order valence-electron chi connectivity index (χ2n) is 6.52. The molecule has 3 N–H and O–H groups in total. The van der Waals surface area contributed by atoms with Gasteiger partial charge in [-0.2, -0.15) is 0 Å². The van der Waals surface area contributed by atoms with Crippen LogP contribution in [0.5, 0.6) is 11.5 Å². The van der Waals surface area contributed by atoms with Crippen molar-refractivity contribution in [3.8, 4) is 11.5 Å². The minimum absolute atomic E-state index is 0.0212. The van der Waals surface area contributed by atoms with E-state index in [9.17, 15) is 18.6 Å². The van der Waals surface area contributed by atoms with Crippen LogP contribution in [0.1, 0.15) is 37.2 Å². The van der Waals surface area contributed by atoms with Gasteiger partial charge in [-0.25, -0.2) is 13.1 Å². The number of hydrogen-bond donors (Lipinski definition) is 3. The van der Waals surface area contributed by atoms with E-state index < -0.39 is 10.0 Å². The maximum absolute atomic E-state index is 12.6. The fourth-order valence-corrected chi connectivity index (χ4v) is 5.40. The summed E-state index contributed by atoms with van der Waals surface area (Å²) in [6.07, 6.45) is 2.78. The molecule has 0 atom stereocenters. The predicted octanol–water partition coefficient (Wildman–Crippen LogP) is 4.41. The Morgan fingerprint density at radius 2 is 1.54 bits per heavy atom. The Kier molecular flexibility index (Phi) is 5.67. The molecule has 0 aromatic heterocycles. The summed E-state index contributed by atoms with van der Waals surface area (Å²) in [5, 5.41) is 19.9. The number of phenolic OH excluding ortho intramolecular Hbond substituents is 2. The van der Waals surface area contributed by atoms with Gasteiger partial charge in [0.2, 0.25) is 10.0 Å². The fraction of sp³-hybridized carbons (Fsp3) is 0.333. The van der Waals surface area contributed by atoms with Crippen LogP contribution in [-0.4, -0.2) is 24.7 Å². The number of rotatable bonds is 4. The zero-order valence-corrected chi connectivity index (χ0v) is 16.2. The van der Waals surface area contributed by atoms with Gasteiger partial charge in [0.25, 0.3) is 0 Å². The van der Waals surface area contributed by atoms with Gasteiger partial charge in [0.1, 0.15) is 11.5 Å². The van der Waals surface area contributed by atoms with Gasteiger partial charge in [0, 0.05) is 22.2 Å². The van der Waals surface area contributed by atoms with E-state index in [1.807, 2.05) is 0 Å². The Labute approximate surface area is 162 Å². The quantitative estimate of drug-likeness (QED) is 0.689. The third-order valence-electron chi connectivity index (χ3n) is 4.65. The zero-order chi connectivity index (χ0) is 18.9. The smallest absolute Gasteiger partial charge is 0.240 e. The molecule has 0 aliphatic heterocycles. The largest absolute Gasteiger partial charge is 0.508 e. The van der Waals surface area contributed by atoms with Gasteiger partial charge < -0.3 is 10.2 Å². The molecule has 26 heavy (non-hydrogen) atoms. The second kappa shape index (κ2) is 7.64. The lowest BCUT2D eigenvalue weighted by Crippen LogP contribution is -2.37. The van der Waals surface area contributed by atoms with Gasteiger partial charge >= 0.3 is 0 Å². The summed E-state index contributed by atoms with van der Waals surface area (Å²) in [5.41, 5.74) is 0.783. The van der Waals surface area contributed by atoms with E-state index >= 15 is 0 Å². The molecule has 1 fully saturated rings. The number of benzene rings is 2. The van der Waals surface area contributed by atoms with Crippen LogP contribution in [0.4, 0.5) is 0 Å². The maximum Gasteiger partial charge on any atom is 0.240 e. The fourth-order valence-electron chi connectivity index (χ4n) is 3.37. The van der Waals surface area contributed by atoms with E-state index in [-0.39, 0.29) is 38.4 Å². The molecule has 1 aliphatic rings. The monoisotopic (exact) mass is 415 g/mol. The third-order valence-corrected chi connectivity index (χ3v) is 6.59. The number of sulfonamides is 1. The number of phenols is 2. The molecule has 0 heterocycles. The van der Waals surface area contributed by atoms with Crippen molar-refractivity contribution < 1.29 is 18.6 Å². The first-order chi connectivity index (χ1) is 12.2. The molecule has 8 heteroatoms. The van der Waals surface area contributed by atoms with Crippen molar-refractivity contribution in [1.29, 1.82) is 0 Å². The van der Waals surface area contributed by atoms with Gasteiger partial charge in [0.05, 0.1) is 4.90 Å². The Hall–Kier alpha value is -1.47. The van der Waals surface area contributed by atoms with E-state index in [2.05, 4.69) is 4.72 Å². The molecule has 2 aromatic carbocycles. The number of hydrogen-bond acceptors (Lipinski definition) is 4. The molecule has 1 aliphatic carbocycles. The molecule has 2 aromatic rings. The highest BCUT2D eigenvalue weighted by Crippen LogP contribution is 2.38. The van der Waals surface area contributed by atoms with Gasteiger partial charge in [0.15, 0.2) is 0 Å². The van der Waals surface area contributed by atoms with Crippen molar-refractivity contribution in [2.45, 2.75) is 42.5 Å². The SMILES string of the molecule is O=S(=O)(N[C@H]1CC[C@@H](c2ccc(O)cc2O)CC1)c1cc(Cl)cc(Cl)c1. The van der Waals surface area contributed by atoms with E-state index in [0.717, 1.165) is 18.4 Å². The average molecular weight is 416 g/mol. The highest BCUT2D eigenvalue weighted by atomic mass is 35.5. The van der Waals surface area contributed by atoms with Gasteiger partial charge in [-0.05, 0) is 61.4 Å². The first-order valence-electron chi connectivity index (χ1n) is 8.25. The Morgan fingerprint density at radius 3 is 2.12 bits per heavy atom. The minimum Gasteiger partial charge on any atom is -0.508 e. The first kappa shape index (κ1) is 19.3. The summed E-state index contributed by atoms with van der Waals surface area (Å²) in [6, 6.07) is 8.63. The van der Waals surface area contributed by atoms with Crippen molar-refractivity contribution in [3.63, 3.8) is 0 Å². The predicted molar refractivity (Wildman–Crippen MR) is 102 cm³/mol. The molecule has 140 valence electrons. The lowest BCUT2D eigenvalue weighted by molar-refractivity contribution is 0.362. The summed E-state index contributed by atoms with van der Waals surface area (Å²) < 4.78 is 27.8.